The molecule has 0 aliphatic carbocycles. The molecule has 4 aromatic carbocycles. The lowest BCUT2D eigenvalue weighted by Gasteiger charge is -2.32. The van der Waals surface area contributed by atoms with Crippen molar-refractivity contribution >= 4 is 45.2 Å². The van der Waals surface area contributed by atoms with Crippen LogP contribution in [-0.2, 0) is 29.1 Å². The van der Waals surface area contributed by atoms with Crippen LogP contribution in [0.1, 0.15) is 43.5 Å². The fourth-order valence-corrected chi connectivity index (χ4v) is 6.89. The number of benzene rings is 4. The number of carbonyl (C=O) groups is 2. The highest BCUT2D eigenvalue weighted by Gasteiger charge is 2.24. The lowest BCUT2D eigenvalue weighted by Crippen LogP contribution is -2.50. The number of aromatic nitrogens is 2. The van der Waals surface area contributed by atoms with Gasteiger partial charge in [0.1, 0.15) is 6.04 Å². The van der Waals surface area contributed by atoms with E-state index in [4.69, 9.17) is 0 Å². The number of nitrogens with zero attached hydrogens (tertiary/aromatic N) is 3. The Bertz CT molecular complexity index is 1820. The molecule has 1 amide bonds. The van der Waals surface area contributed by atoms with Gasteiger partial charge in [0.2, 0.25) is 5.91 Å². The normalized spacial score (nSPS) is 13.5. The topological polar surface area (TPSA) is 99.5 Å². The fourth-order valence-electron chi connectivity index (χ4n) is 6.42. The number of thioether (sulfide) groups is 1. The zero-order chi connectivity index (χ0) is 34.6. The molecule has 49 heavy (non-hydrogen) atoms. The highest BCUT2D eigenvalue weighted by molar-refractivity contribution is 7.98. The minimum absolute atomic E-state index is 0.111. The van der Waals surface area contributed by atoms with Gasteiger partial charge in [-0.25, -0.2) is 9.78 Å². The number of carbonyl (C=O) groups excluding carboxylic acids is 1. The van der Waals surface area contributed by atoms with Crippen molar-refractivity contribution in [3.63, 3.8) is 0 Å². The lowest BCUT2D eigenvalue weighted by molar-refractivity contribution is -0.142. The van der Waals surface area contributed by atoms with Crippen LogP contribution in [0.2, 0.25) is 0 Å². The molecule has 0 spiro atoms. The molecule has 0 saturated heterocycles. The molecule has 8 nitrogen and oxygen atoms in total. The van der Waals surface area contributed by atoms with Gasteiger partial charge in [0.25, 0.3) is 0 Å². The van der Waals surface area contributed by atoms with Crippen molar-refractivity contribution in [3.8, 4) is 0 Å². The van der Waals surface area contributed by atoms with E-state index in [0.29, 0.717) is 31.2 Å². The number of imidazole rings is 1. The Morgan fingerprint density at radius 1 is 0.980 bits per heavy atom. The Balaban J connectivity index is 1.28. The Morgan fingerprint density at radius 2 is 1.73 bits per heavy atom. The number of aliphatic carboxylic acids is 1. The third-order valence-corrected chi connectivity index (χ3v) is 10.1. The van der Waals surface area contributed by atoms with Crippen LogP contribution in [0, 0.1) is 5.92 Å². The van der Waals surface area contributed by atoms with Crippen molar-refractivity contribution in [2.24, 2.45) is 5.92 Å². The van der Waals surface area contributed by atoms with Crippen LogP contribution < -0.4 is 10.6 Å². The number of nitrogens with one attached hydrogen (secondary N) is 2. The van der Waals surface area contributed by atoms with Crippen molar-refractivity contribution in [1.29, 1.82) is 0 Å². The summed E-state index contributed by atoms with van der Waals surface area (Å²) in [6.45, 7) is 7.30. The van der Waals surface area contributed by atoms with Gasteiger partial charge in [0.15, 0.2) is 0 Å². The summed E-state index contributed by atoms with van der Waals surface area (Å²) in [5, 5.41) is 21.2. The highest BCUT2D eigenvalue weighted by Crippen LogP contribution is 2.22. The van der Waals surface area contributed by atoms with Crippen LogP contribution in [-0.4, -0.2) is 75.2 Å². The first-order valence-corrected chi connectivity index (χ1v) is 18.6. The van der Waals surface area contributed by atoms with Crippen molar-refractivity contribution in [2.75, 3.05) is 31.6 Å². The van der Waals surface area contributed by atoms with Crippen LogP contribution >= 0.6 is 11.8 Å². The van der Waals surface area contributed by atoms with E-state index in [1.165, 1.54) is 22.0 Å². The second kappa shape index (κ2) is 18.0. The molecule has 3 atom stereocenters. The van der Waals surface area contributed by atoms with Crippen molar-refractivity contribution < 1.29 is 14.7 Å². The van der Waals surface area contributed by atoms with Gasteiger partial charge in [-0.05, 0) is 63.1 Å². The van der Waals surface area contributed by atoms with Gasteiger partial charge in [-0.3, -0.25) is 9.69 Å². The first-order chi connectivity index (χ1) is 23.8. The van der Waals surface area contributed by atoms with Gasteiger partial charge in [-0.2, -0.15) is 11.8 Å². The van der Waals surface area contributed by atoms with E-state index in [-0.39, 0.29) is 18.5 Å². The smallest absolute Gasteiger partial charge is 0.326 e. The molecule has 0 unspecified atom stereocenters. The van der Waals surface area contributed by atoms with Crippen LogP contribution in [0.15, 0.2) is 97.5 Å². The molecule has 0 aliphatic rings. The first-order valence-electron chi connectivity index (χ1n) is 17.2. The van der Waals surface area contributed by atoms with Crippen molar-refractivity contribution in [2.45, 2.75) is 58.3 Å². The molecule has 5 rings (SSSR count). The number of hydrogen-bond acceptors (Lipinski definition) is 6. The van der Waals surface area contributed by atoms with Crippen LogP contribution in [0.5, 0.6) is 0 Å². The average Bonchev–Trinajstić information content (AvgIpc) is 3.55. The third-order valence-electron chi connectivity index (χ3n) is 9.42. The summed E-state index contributed by atoms with van der Waals surface area (Å²) in [4.78, 5) is 31.9. The SMILES string of the molecule is CC[C@H](C)[C@@H](CN(CC(=O)N[C@@H](CCSC)C(=O)O)Cc1cccc2ccccc12)NCCc1cncn1Cc1ccc2ccccc2c1. The summed E-state index contributed by atoms with van der Waals surface area (Å²) < 4.78 is 2.22. The van der Waals surface area contributed by atoms with Crippen LogP contribution in [0.3, 0.4) is 0 Å². The molecule has 3 N–H and O–H groups in total. The molecule has 0 bridgehead atoms. The Morgan fingerprint density at radius 3 is 2.51 bits per heavy atom. The molecule has 5 aromatic rings. The summed E-state index contributed by atoms with van der Waals surface area (Å²) in [7, 11) is 0. The first kappa shape index (κ1) is 36.1. The molecule has 0 radical (unpaired) electrons. The molecular formula is C40H49N5O3S. The minimum atomic E-state index is -0.998. The van der Waals surface area contributed by atoms with Gasteiger partial charge >= 0.3 is 5.97 Å². The summed E-state index contributed by atoms with van der Waals surface area (Å²) in [6, 6.07) is 28.8. The summed E-state index contributed by atoms with van der Waals surface area (Å²) in [6.07, 6.45) is 7.99. The van der Waals surface area contributed by atoms with Gasteiger partial charge in [-0.15, -0.1) is 0 Å². The van der Waals surface area contributed by atoms with Gasteiger partial charge in [0.05, 0.1) is 12.9 Å². The van der Waals surface area contributed by atoms with Crippen LogP contribution in [0.25, 0.3) is 21.5 Å². The largest absolute Gasteiger partial charge is 0.480 e. The van der Waals surface area contributed by atoms with E-state index in [0.717, 1.165) is 42.3 Å². The number of carboxylic acids is 1. The van der Waals surface area contributed by atoms with Crippen molar-refractivity contribution in [1.82, 2.24) is 25.1 Å². The van der Waals surface area contributed by atoms with Gasteiger partial charge in [0, 0.05) is 50.5 Å². The quantitative estimate of drug-likeness (QED) is 0.0904. The maximum Gasteiger partial charge on any atom is 0.326 e. The molecule has 1 heterocycles. The molecule has 9 heteroatoms. The average molecular weight is 680 g/mol. The summed E-state index contributed by atoms with van der Waals surface area (Å²) in [5.74, 6) is -0.247. The highest BCUT2D eigenvalue weighted by atomic mass is 32.2. The maximum absolute atomic E-state index is 13.4. The van der Waals surface area contributed by atoms with Gasteiger partial charge in [-0.1, -0.05) is 99.1 Å². The second-order valence-electron chi connectivity index (χ2n) is 12.9. The number of fused-ring (bicyclic) bond motifs is 2. The predicted octanol–water partition coefficient (Wildman–Crippen LogP) is 6.61. The van der Waals surface area contributed by atoms with Gasteiger partial charge < -0.3 is 20.3 Å². The molecular weight excluding hydrogens is 631 g/mol. The predicted molar refractivity (Wildman–Crippen MR) is 202 cm³/mol. The van der Waals surface area contributed by atoms with E-state index in [2.05, 4.69) is 112 Å². The minimum Gasteiger partial charge on any atom is -0.480 e. The molecule has 0 aliphatic heterocycles. The molecule has 258 valence electrons. The monoisotopic (exact) mass is 679 g/mol. The number of hydrogen-bond donors (Lipinski definition) is 3. The van der Waals surface area contributed by atoms with Crippen molar-refractivity contribution in [3.05, 3.63) is 114 Å². The fraction of sp³-hybridized carbons (Fsp3) is 0.375. The summed E-state index contributed by atoms with van der Waals surface area (Å²) in [5.41, 5.74) is 3.55. The van der Waals surface area contributed by atoms with Crippen LogP contribution in [0.4, 0.5) is 0 Å². The maximum atomic E-state index is 13.4. The molecule has 0 saturated carbocycles. The van der Waals surface area contributed by atoms with E-state index < -0.39 is 12.0 Å². The zero-order valence-electron chi connectivity index (χ0n) is 28.8. The third kappa shape index (κ3) is 10.2. The van der Waals surface area contributed by atoms with E-state index in [1.807, 2.05) is 30.9 Å². The lowest BCUT2D eigenvalue weighted by atomic mass is 9.97. The standard InChI is InChI=1S/C40H49N5O3S/c1-4-29(2)38(42-20-18-35-23-41-28-45(35)24-30-16-17-31-10-5-6-12-33(31)22-30)26-44(27-39(46)43-37(40(47)48)19-21-49-3)25-34-14-9-13-32-11-7-8-15-36(32)34/h5-17,22-23,28-29,37-38,42H,4,18-21,24-27H2,1-3H3,(H,43,46)(H,47,48)/t29-,37-,38+/m0/s1. The number of carboxylic acid groups (broad SMARTS) is 1. The Kier molecular flexibility index (Phi) is 13.3. The molecule has 0 fully saturated rings. The molecule has 1 aromatic heterocycles. The Labute approximate surface area is 294 Å². The Hall–Kier alpha value is -4.18. The van der Waals surface area contributed by atoms with E-state index in [9.17, 15) is 14.7 Å². The number of rotatable bonds is 19. The van der Waals surface area contributed by atoms with E-state index in [1.54, 1.807) is 11.8 Å². The van der Waals surface area contributed by atoms with E-state index >= 15 is 0 Å². The second-order valence-corrected chi connectivity index (χ2v) is 13.9. The zero-order valence-corrected chi connectivity index (χ0v) is 29.7. The summed E-state index contributed by atoms with van der Waals surface area (Å²) >= 11 is 1.57. The number of amides is 1.